The number of aromatic hydroxyl groups is 2. The first-order chi connectivity index (χ1) is 21.1. The molecule has 45 heavy (non-hydrogen) atoms. The Bertz CT molecular complexity index is 1740. The van der Waals surface area contributed by atoms with Gasteiger partial charge in [-0.15, -0.1) is 4.41 Å². The number of phenolic OH excluding ortho intramolecular Hbond substituents is 2. The second kappa shape index (κ2) is 10.8. The average molecular weight is 647 g/mol. The van der Waals surface area contributed by atoms with Gasteiger partial charge in [-0.25, -0.2) is 13.4 Å². The summed E-state index contributed by atoms with van der Waals surface area (Å²) in [5, 5.41) is 47.1. The number of sulfonamides is 1. The van der Waals surface area contributed by atoms with E-state index < -0.39 is 99.1 Å². The van der Waals surface area contributed by atoms with E-state index in [2.05, 4.69) is 0 Å². The molecule has 2 fully saturated rings. The second-order valence-corrected chi connectivity index (χ2v) is 13.9. The summed E-state index contributed by atoms with van der Waals surface area (Å²) in [4.78, 5) is 40.2. The molecular formula is C30H34N2O12S. The summed E-state index contributed by atoms with van der Waals surface area (Å²) in [5.41, 5.74) is -3.49. The summed E-state index contributed by atoms with van der Waals surface area (Å²) >= 11 is 0. The Balaban J connectivity index is 1.45. The Labute approximate surface area is 258 Å². The fourth-order valence-electron chi connectivity index (χ4n) is 6.73. The highest BCUT2D eigenvalue weighted by molar-refractivity contribution is 7.88. The van der Waals surface area contributed by atoms with Crippen LogP contribution >= 0.6 is 0 Å². The molecule has 2 aliphatic heterocycles. The van der Waals surface area contributed by atoms with Crippen LogP contribution in [0.15, 0.2) is 18.2 Å². The van der Waals surface area contributed by atoms with Crippen molar-refractivity contribution in [1.29, 1.82) is 0 Å². The Hall–Kier alpha value is -3.44. The molecule has 0 saturated carbocycles. The highest BCUT2D eigenvalue weighted by atomic mass is 32.2. The van der Waals surface area contributed by atoms with Gasteiger partial charge in [0.1, 0.15) is 22.8 Å². The van der Waals surface area contributed by atoms with Gasteiger partial charge >= 0.3 is 0 Å². The lowest BCUT2D eigenvalue weighted by Crippen LogP contribution is -2.58. The molecular weight excluding hydrogens is 612 g/mol. The standard InChI is InChI=1S/C30H34N2O12S/c1-13-25(34)17(32(31-8-9-31)45(4,40)41)10-20(43-13)44-19-12-30(39,14(2)33)11-16-22(19)29(38)24-23(27(16)36)26(35)15-6-5-7-18(42-3)21(15)28(24)37/h5-7,13,17,19-20,25,34,36,38-39H,8-12H2,1-4H3/t13?,17?,19-,20?,25?,30-/m0/s1. The Kier molecular flexibility index (Phi) is 7.59. The zero-order valence-corrected chi connectivity index (χ0v) is 25.8. The zero-order chi connectivity index (χ0) is 32.7. The number of ether oxygens (including phenoxy) is 3. The smallest absolute Gasteiger partial charge is 0.224 e. The number of Topliss-reactive ketones (excluding diaryl/α,β-unsaturated/α-hetero) is 1. The molecule has 14 nitrogen and oxygen atoms in total. The lowest BCUT2D eigenvalue weighted by Gasteiger charge is -2.44. The zero-order valence-electron chi connectivity index (χ0n) is 25.0. The molecule has 2 aromatic rings. The number of aliphatic hydroxyl groups excluding tert-OH is 1. The first-order valence-electron chi connectivity index (χ1n) is 14.4. The van der Waals surface area contributed by atoms with E-state index in [9.17, 15) is 43.2 Å². The van der Waals surface area contributed by atoms with Crippen molar-refractivity contribution in [2.75, 3.05) is 26.5 Å². The largest absolute Gasteiger partial charge is 0.507 e. The van der Waals surface area contributed by atoms with Crippen LogP contribution in [0.1, 0.15) is 75.8 Å². The number of rotatable bonds is 7. The van der Waals surface area contributed by atoms with Crippen LogP contribution in [0, 0.1) is 0 Å². The average Bonchev–Trinajstić information content (AvgIpc) is 3.79. The molecule has 0 radical (unpaired) electrons. The topological polar surface area (TPSA) is 200 Å². The van der Waals surface area contributed by atoms with E-state index in [1.165, 1.54) is 32.2 Å². The van der Waals surface area contributed by atoms with Crippen molar-refractivity contribution in [3.8, 4) is 17.2 Å². The summed E-state index contributed by atoms with van der Waals surface area (Å²) in [6, 6.07) is 3.38. The SMILES string of the molecule is COc1cccc2c1C(=O)c1c(O)c3c(c(O)c1C2=O)C[C@@](O)(C(C)=O)C[C@@H]3OC1CC(N(N2CC2)S(C)(=O)=O)C(O)C(C)O1. The van der Waals surface area contributed by atoms with Crippen molar-refractivity contribution >= 4 is 27.4 Å². The summed E-state index contributed by atoms with van der Waals surface area (Å²) in [6.07, 6.45) is -4.80. The molecule has 0 spiro atoms. The monoisotopic (exact) mass is 646 g/mol. The van der Waals surface area contributed by atoms with Gasteiger partial charge in [-0.05, 0) is 19.9 Å². The van der Waals surface area contributed by atoms with E-state index in [0.717, 1.165) is 17.6 Å². The molecule has 6 rings (SSSR count). The molecule has 0 bridgehead atoms. The summed E-state index contributed by atoms with van der Waals surface area (Å²) in [7, 11) is -2.49. The van der Waals surface area contributed by atoms with Crippen LogP contribution in [-0.4, -0.2) is 112 Å². The first kappa shape index (κ1) is 31.5. The van der Waals surface area contributed by atoms with Crippen LogP contribution in [0.2, 0.25) is 0 Å². The molecule has 2 aliphatic carbocycles. The number of methoxy groups -OCH3 is 1. The van der Waals surface area contributed by atoms with Crippen molar-refractivity contribution in [3.63, 3.8) is 0 Å². The predicted octanol–water partition coefficient (Wildman–Crippen LogP) is 0.562. The van der Waals surface area contributed by atoms with E-state index >= 15 is 0 Å². The lowest BCUT2D eigenvalue weighted by atomic mass is 9.72. The number of hydrogen-bond donors (Lipinski definition) is 4. The fraction of sp³-hybridized carbons (Fsp3) is 0.500. The van der Waals surface area contributed by atoms with Gasteiger partial charge in [0.05, 0.1) is 54.4 Å². The van der Waals surface area contributed by atoms with Gasteiger partial charge in [0.25, 0.3) is 0 Å². The third-order valence-electron chi connectivity index (χ3n) is 9.05. The quantitative estimate of drug-likeness (QED) is 0.205. The van der Waals surface area contributed by atoms with Crippen molar-refractivity contribution in [2.45, 2.75) is 69.4 Å². The Morgan fingerprint density at radius 3 is 2.38 bits per heavy atom. The van der Waals surface area contributed by atoms with Gasteiger partial charge in [0, 0.05) is 49.0 Å². The number of carbonyl (C=O) groups excluding carboxylic acids is 3. The van der Waals surface area contributed by atoms with Crippen molar-refractivity contribution in [3.05, 3.63) is 51.6 Å². The maximum atomic E-state index is 13.8. The van der Waals surface area contributed by atoms with Crippen LogP contribution < -0.4 is 4.74 Å². The number of fused-ring (bicyclic) bond motifs is 3. The highest BCUT2D eigenvalue weighted by Gasteiger charge is 2.51. The molecule has 6 atom stereocenters. The maximum absolute atomic E-state index is 13.8. The third kappa shape index (κ3) is 5.02. The van der Waals surface area contributed by atoms with Crippen LogP contribution in [0.3, 0.4) is 0 Å². The maximum Gasteiger partial charge on any atom is 0.224 e. The fourth-order valence-corrected chi connectivity index (χ4v) is 8.01. The van der Waals surface area contributed by atoms with E-state index in [-0.39, 0.29) is 34.4 Å². The molecule has 2 saturated heterocycles. The summed E-state index contributed by atoms with van der Waals surface area (Å²) in [6.45, 7) is 3.62. The van der Waals surface area contributed by atoms with Crippen molar-refractivity contribution in [2.24, 2.45) is 0 Å². The van der Waals surface area contributed by atoms with Crippen molar-refractivity contribution < 1.29 is 57.4 Å². The number of nitrogens with zero attached hydrogens (tertiary/aromatic N) is 2. The Morgan fingerprint density at radius 2 is 1.78 bits per heavy atom. The van der Waals surface area contributed by atoms with Gasteiger partial charge in [0.15, 0.2) is 17.9 Å². The van der Waals surface area contributed by atoms with E-state index in [0.29, 0.717) is 13.1 Å². The second-order valence-electron chi connectivity index (χ2n) is 12.0. The predicted molar refractivity (Wildman–Crippen MR) is 154 cm³/mol. The van der Waals surface area contributed by atoms with E-state index in [1.807, 2.05) is 0 Å². The molecule has 0 amide bonds. The summed E-state index contributed by atoms with van der Waals surface area (Å²) < 4.78 is 43.9. The molecule has 4 aliphatic rings. The number of ketones is 3. The molecule has 242 valence electrons. The van der Waals surface area contributed by atoms with Gasteiger partial charge in [0.2, 0.25) is 15.8 Å². The number of carbonyl (C=O) groups is 3. The minimum absolute atomic E-state index is 0.0528. The molecule has 2 aromatic carbocycles. The molecule has 4 unspecified atom stereocenters. The van der Waals surface area contributed by atoms with Gasteiger partial charge in [-0.2, -0.15) is 0 Å². The number of hydrogen-bond acceptors (Lipinski definition) is 13. The third-order valence-corrected chi connectivity index (χ3v) is 10.2. The van der Waals surface area contributed by atoms with E-state index in [1.54, 1.807) is 5.01 Å². The van der Waals surface area contributed by atoms with Crippen LogP contribution in [0.5, 0.6) is 17.2 Å². The lowest BCUT2D eigenvalue weighted by molar-refractivity contribution is -0.258. The number of benzene rings is 2. The number of phenols is 2. The number of hydrazine groups is 1. The molecule has 4 N–H and O–H groups in total. The van der Waals surface area contributed by atoms with Gasteiger partial charge in [-0.1, -0.05) is 12.1 Å². The minimum atomic E-state index is -3.81. The number of aliphatic hydroxyl groups is 2. The van der Waals surface area contributed by atoms with Crippen LogP contribution in [-0.2, 0) is 30.7 Å². The molecule has 0 aromatic heterocycles. The minimum Gasteiger partial charge on any atom is -0.507 e. The van der Waals surface area contributed by atoms with E-state index in [4.69, 9.17) is 14.2 Å². The van der Waals surface area contributed by atoms with Gasteiger partial charge < -0.3 is 34.6 Å². The van der Waals surface area contributed by atoms with Crippen molar-refractivity contribution in [1.82, 2.24) is 9.42 Å². The molecule has 2 heterocycles. The van der Waals surface area contributed by atoms with Crippen LogP contribution in [0.4, 0.5) is 0 Å². The van der Waals surface area contributed by atoms with Gasteiger partial charge in [-0.3, -0.25) is 14.4 Å². The molecule has 15 heteroatoms. The first-order valence-corrected chi connectivity index (χ1v) is 16.3. The van der Waals surface area contributed by atoms with Crippen LogP contribution in [0.25, 0.3) is 0 Å². The normalized spacial score (nSPS) is 29.6. The Morgan fingerprint density at radius 1 is 1.11 bits per heavy atom. The summed E-state index contributed by atoms with van der Waals surface area (Å²) in [5.74, 6) is -3.50. The highest BCUT2D eigenvalue weighted by Crippen LogP contribution is 2.52.